The number of ether oxygens (including phenoxy) is 1. The lowest BCUT2D eigenvalue weighted by atomic mass is 10.0. The van der Waals surface area contributed by atoms with Gasteiger partial charge in [-0.2, -0.15) is 0 Å². The number of fused-ring (bicyclic) bond motifs is 2. The SMILES string of the molecule is CC(=O)OCC1=C(C(=O)O)N2C(=O)[C@@H](NC(=O)c3cc4cc(Cl)cc(Cl)c4oc3=O)[C@H]2SC1. The highest BCUT2D eigenvalue weighted by Crippen LogP contribution is 2.40. The van der Waals surface area contributed by atoms with E-state index in [1.165, 1.54) is 36.9 Å². The second-order valence-corrected chi connectivity index (χ2v) is 9.10. The lowest BCUT2D eigenvalue weighted by Crippen LogP contribution is -2.70. The Kier molecular flexibility index (Phi) is 6.12. The van der Waals surface area contributed by atoms with Crippen molar-refractivity contribution < 1.29 is 33.4 Å². The van der Waals surface area contributed by atoms with Gasteiger partial charge in [0, 0.05) is 28.7 Å². The highest BCUT2D eigenvalue weighted by molar-refractivity contribution is 8.00. The zero-order valence-corrected chi connectivity index (χ0v) is 19.0. The van der Waals surface area contributed by atoms with Crippen molar-refractivity contribution in [3.63, 3.8) is 0 Å². The molecule has 1 aromatic carbocycles. The molecule has 0 bridgehead atoms. The maximum Gasteiger partial charge on any atom is 0.352 e. The average Bonchev–Trinajstić information content (AvgIpc) is 2.75. The molecule has 1 fully saturated rings. The van der Waals surface area contributed by atoms with Gasteiger partial charge in [-0.25, -0.2) is 9.59 Å². The predicted octanol–water partition coefficient (Wildman–Crippen LogP) is 2.02. The number of aliphatic carboxylic acids is 1. The van der Waals surface area contributed by atoms with Gasteiger partial charge in [-0.1, -0.05) is 23.2 Å². The molecule has 2 N–H and O–H groups in total. The maximum atomic E-state index is 12.8. The van der Waals surface area contributed by atoms with Gasteiger partial charge >= 0.3 is 17.6 Å². The van der Waals surface area contributed by atoms with Crippen molar-refractivity contribution in [2.45, 2.75) is 18.3 Å². The molecule has 0 spiro atoms. The first-order valence-electron chi connectivity index (χ1n) is 9.35. The average molecular weight is 513 g/mol. The molecule has 0 aliphatic carbocycles. The number of carbonyl (C=O) groups is 4. The van der Waals surface area contributed by atoms with E-state index in [0.717, 1.165) is 4.90 Å². The second kappa shape index (κ2) is 8.73. The summed E-state index contributed by atoms with van der Waals surface area (Å²) in [6, 6.07) is 3.04. The third-order valence-corrected chi connectivity index (χ3v) is 6.82. The van der Waals surface area contributed by atoms with Crippen LogP contribution in [0.2, 0.25) is 10.0 Å². The Labute approximate surface area is 199 Å². The number of hydrogen-bond acceptors (Lipinski definition) is 8. The van der Waals surface area contributed by atoms with Gasteiger partial charge in [0.05, 0.1) is 5.02 Å². The van der Waals surface area contributed by atoms with Crippen LogP contribution in [0.1, 0.15) is 17.3 Å². The first kappa shape index (κ1) is 23.1. The van der Waals surface area contributed by atoms with Gasteiger partial charge in [0.2, 0.25) is 0 Å². The molecule has 2 atom stereocenters. The zero-order valence-electron chi connectivity index (χ0n) is 16.7. The molecule has 1 aromatic heterocycles. The number of hydrogen-bond donors (Lipinski definition) is 2. The largest absolute Gasteiger partial charge is 0.477 e. The van der Waals surface area contributed by atoms with Crippen LogP contribution in [-0.4, -0.2) is 57.5 Å². The van der Waals surface area contributed by atoms with Gasteiger partial charge in [0.25, 0.3) is 11.8 Å². The Morgan fingerprint density at radius 3 is 2.67 bits per heavy atom. The minimum atomic E-state index is -1.36. The van der Waals surface area contributed by atoms with Crippen molar-refractivity contribution >= 4 is 69.7 Å². The Morgan fingerprint density at radius 2 is 2.00 bits per heavy atom. The Bertz CT molecular complexity index is 1320. The van der Waals surface area contributed by atoms with E-state index in [-0.39, 0.29) is 44.8 Å². The summed E-state index contributed by atoms with van der Waals surface area (Å²) in [4.78, 5) is 61.6. The van der Waals surface area contributed by atoms with E-state index in [2.05, 4.69) is 5.32 Å². The third-order valence-electron chi connectivity index (χ3n) is 4.98. The number of amides is 2. The molecule has 1 saturated heterocycles. The Hall–Kier alpha value is -3.02. The number of rotatable bonds is 5. The summed E-state index contributed by atoms with van der Waals surface area (Å²) in [6.07, 6.45) is 0. The molecule has 172 valence electrons. The van der Waals surface area contributed by atoms with Crippen molar-refractivity contribution in [3.05, 3.63) is 55.5 Å². The van der Waals surface area contributed by atoms with Crippen LogP contribution in [0.3, 0.4) is 0 Å². The number of β-lactam (4-membered cyclic amide) rings is 1. The molecule has 2 aromatic rings. The standard InChI is InChI=1S/C20H14Cl2N2O8S/c1-7(25)31-5-9-6-33-18-13(17(27)24(18)14(9)19(28)29)23-16(26)11-3-8-2-10(21)4-12(22)15(8)32-20(11)30/h2-4,13,18H,5-6H2,1H3,(H,23,26)(H,28,29)/t13-,18-/m1/s1. The summed E-state index contributed by atoms with van der Waals surface area (Å²) in [5.41, 5.74) is -1.28. The first-order valence-corrected chi connectivity index (χ1v) is 11.2. The molecule has 4 rings (SSSR count). The predicted molar refractivity (Wildman–Crippen MR) is 118 cm³/mol. The third kappa shape index (κ3) is 4.19. The van der Waals surface area contributed by atoms with E-state index in [1.807, 2.05) is 0 Å². The summed E-state index contributed by atoms with van der Waals surface area (Å²) in [5.74, 6) is -3.31. The van der Waals surface area contributed by atoms with Gasteiger partial charge in [0.1, 0.15) is 29.3 Å². The number of halogens is 2. The quantitative estimate of drug-likeness (QED) is 0.349. The van der Waals surface area contributed by atoms with Gasteiger partial charge in [-0.05, 0) is 18.2 Å². The fourth-order valence-electron chi connectivity index (χ4n) is 3.52. The molecule has 10 nitrogen and oxygen atoms in total. The van der Waals surface area contributed by atoms with E-state index in [4.69, 9.17) is 32.4 Å². The van der Waals surface area contributed by atoms with Crippen molar-refractivity contribution in [1.29, 1.82) is 0 Å². The monoisotopic (exact) mass is 512 g/mol. The number of nitrogens with one attached hydrogen (secondary N) is 1. The molecular formula is C20H14Cl2N2O8S. The molecule has 0 radical (unpaired) electrons. The van der Waals surface area contributed by atoms with Crippen LogP contribution in [-0.2, 0) is 19.1 Å². The van der Waals surface area contributed by atoms with E-state index in [1.54, 1.807) is 0 Å². The molecular weight excluding hydrogens is 499 g/mol. The van der Waals surface area contributed by atoms with Gasteiger partial charge < -0.3 is 19.6 Å². The van der Waals surface area contributed by atoms with Crippen LogP contribution in [0.4, 0.5) is 0 Å². The van der Waals surface area contributed by atoms with Crippen molar-refractivity contribution in [1.82, 2.24) is 10.2 Å². The lowest BCUT2D eigenvalue weighted by molar-refractivity contribution is -0.149. The lowest BCUT2D eigenvalue weighted by Gasteiger charge is -2.49. The number of thioether (sulfide) groups is 1. The smallest absolute Gasteiger partial charge is 0.352 e. The molecule has 0 saturated carbocycles. The fraction of sp³-hybridized carbons (Fsp3) is 0.250. The summed E-state index contributed by atoms with van der Waals surface area (Å²) in [6.45, 7) is 0.923. The highest BCUT2D eigenvalue weighted by atomic mass is 35.5. The highest BCUT2D eigenvalue weighted by Gasteiger charge is 2.54. The van der Waals surface area contributed by atoms with Gasteiger partial charge in [-0.3, -0.25) is 19.3 Å². The van der Waals surface area contributed by atoms with Crippen LogP contribution in [0.15, 0.2) is 38.7 Å². The van der Waals surface area contributed by atoms with Gasteiger partial charge in [-0.15, -0.1) is 11.8 Å². The van der Waals surface area contributed by atoms with Crippen LogP contribution >= 0.6 is 35.0 Å². The number of carboxylic acid groups (broad SMARTS) is 1. The molecule has 0 unspecified atom stereocenters. The van der Waals surface area contributed by atoms with Crippen LogP contribution in [0.25, 0.3) is 11.0 Å². The number of esters is 1. The normalized spacial score (nSPS) is 19.7. The second-order valence-electron chi connectivity index (χ2n) is 7.15. The number of benzene rings is 1. The molecule has 2 amide bonds. The summed E-state index contributed by atoms with van der Waals surface area (Å²) in [7, 11) is 0. The maximum absolute atomic E-state index is 12.8. The van der Waals surface area contributed by atoms with Crippen LogP contribution in [0, 0.1) is 0 Å². The fourth-order valence-corrected chi connectivity index (χ4v) is 5.39. The first-order chi connectivity index (χ1) is 15.6. The molecule has 13 heteroatoms. The van der Waals surface area contributed by atoms with E-state index >= 15 is 0 Å². The minimum absolute atomic E-state index is 0.0629. The van der Waals surface area contributed by atoms with Gasteiger partial charge in [0.15, 0.2) is 5.58 Å². The number of nitrogens with zero attached hydrogens (tertiary/aromatic N) is 1. The van der Waals surface area contributed by atoms with E-state index in [9.17, 15) is 29.1 Å². The molecule has 33 heavy (non-hydrogen) atoms. The Balaban J connectivity index is 1.57. The number of carboxylic acids is 1. The molecule has 3 heterocycles. The van der Waals surface area contributed by atoms with Crippen LogP contribution in [0.5, 0.6) is 0 Å². The van der Waals surface area contributed by atoms with Crippen molar-refractivity contribution in [2.75, 3.05) is 12.4 Å². The Morgan fingerprint density at radius 1 is 1.27 bits per heavy atom. The van der Waals surface area contributed by atoms with Crippen LogP contribution < -0.4 is 10.9 Å². The minimum Gasteiger partial charge on any atom is -0.477 e. The summed E-state index contributed by atoms with van der Waals surface area (Å²) >= 11 is 13.2. The number of carbonyl (C=O) groups excluding carboxylic acids is 3. The molecule has 2 aliphatic heterocycles. The van der Waals surface area contributed by atoms with E-state index < -0.39 is 40.8 Å². The zero-order chi connectivity index (χ0) is 24.0. The molecule has 2 aliphatic rings. The van der Waals surface area contributed by atoms with Crippen molar-refractivity contribution in [3.8, 4) is 0 Å². The van der Waals surface area contributed by atoms with Crippen molar-refractivity contribution in [2.24, 2.45) is 0 Å². The summed E-state index contributed by atoms with van der Waals surface area (Å²) < 4.78 is 10.0. The van der Waals surface area contributed by atoms with E-state index in [0.29, 0.717) is 5.39 Å². The topological polar surface area (TPSA) is 143 Å². The summed E-state index contributed by atoms with van der Waals surface area (Å²) in [5, 5.41) is 12.0.